The predicted molar refractivity (Wildman–Crippen MR) is 101 cm³/mol. The highest BCUT2D eigenvalue weighted by atomic mass is 16.5. The molecule has 4 rings (SSSR count). The molecular weight excluding hydrogens is 342 g/mol. The first kappa shape index (κ1) is 17.3. The lowest BCUT2D eigenvalue weighted by atomic mass is 9.96. The standard InChI is InChI=1S/C21H21N3O3/c1-26-18-12-6-5-11-17(18)20-22-19(23-27-20)16-10-7-13-24(14-16)21(25)15-8-3-2-4-9-15/h2-6,8-9,11-12,16H,7,10,13-14H2,1H3/t16-/m1/s1. The summed E-state index contributed by atoms with van der Waals surface area (Å²) < 4.78 is 10.9. The highest BCUT2D eigenvalue weighted by molar-refractivity contribution is 5.94. The van der Waals surface area contributed by atoms with Crippen LogP contribution in [0.5, 0.6) is 5.75 Å². The van der Waals surface area contributed by atoms with Gasteiger partial charge in [0.25, 0.3) is 11.8 Å². The van der Waals surface area contributed by atoms with E-state index < -0.39 is 0 Å². The lowest BCUT2D eigenvalue weighted by molar-refractivity contribution is 0.0703. The number of carbonyl (C=O) groups is 1. The van der Waals surface area contributed by atoms with Crippen molar-refractivity contribution in [3.8, 4) is 17.2 Å². The van der Waals surface area contributed by atoms with Crippen molar-refractivity contribution in [2.24, 2.45) is 0 Å². The molecule has 2 aromatic carbocycles. The average molecular weight is 363 g/mol. The predicted octanol–water partition coefficient (Wildman–Crippen LogP) is 3.77. The van der Waals surface area contributed by atoms with E-state index >= 15 is 0 Å². The van der Waals surface area contributed by atoms with Crippen LogP contribution in [-0.4, -0.2) is 41.1 Å². The fourth-order valence-electron chi connectivity index (χ4n) is 3.47. The van der Waals surface area contributed by atoms with Crippen LogP contribution in [0.3, 0.4) is 0 Å². The van der Waals surface area contributed by atoms with E-state index in [2.05, 4.69) is 10.1 Å². The number of hydrogen-bond acceptors (Lipinski definition) is 5. The number of benzene rings is 2. The maximum atomic E-state index is 12.7. The number of carbonyl (C=O) groups excluding carboxylic acids is 1. The van der Waals surface area contributed by atoms with E-state index in [-0.39, 0.29) is 11.8 Å². The van der Waals surface area contributed by atoms with Gasteiger partial charge in [-0.05, 0) is 37.1 Å². The van der Waals surface area contributed by atoms with Gasteiger partial charge in [0, 0.05) is 24.6 Å². The topological polar surface area (TPSA) is 68.5 Å². The second-order valence-corrected chi connectivity index (χ2v) is 6.61. The molecule has 1 fully saturated rings. The van der Waals surface area contributed by atoms with E-state index in [1.165, 1.54) is 0 Å². The number of nitrogens with zero attached hydrogens (tertiary/aromatic N) is 3. The first-order valence-corrected chi connectivity index (χ1v) is 9.07. The molecule has 1 aromatic heterocycles. The lowest BCUT2D eigenvalue weighted by Gasteiger charge is -2.31. The monoisotopic (exact) mass is 363 g/mol. The number of aromatic nitrogens is 2. The summed E-state index contributed by atoms with van der Waals surface area (Å²) in [6.07, 6.45) is 1.85. The Hall–Kier alpha value is -3.15. The number of piperidine rings is 1. The highest BCUT2D eigenvalue weighted by Gasteiger charge is 2.29. The summed E-state index contributed by atoms with van der Waals surface area (Å²) >= 11 is 0. The summed E-state index contributed by atoms with van der Waals surface area (Å²) in [5, 5.41) is 4.18. The molecule has 1 amide bonds. The van der Waals surface area contributed by atoms with Gasteiger partial charge in [0.1, 0.15) is 5.75 Å². The van der Waals surface area contributed by atoms with Gasteiger partial charge in [-0.1, -0.05) is 35.5 Å². The van der Waals surface area contributed by atoms with E-state index in [0.717, 1.165) is 24.9 Å². The van der Waals surface area contributed by atoms with E-state index in [1.54, 1.807) is 7.11 Å². The SMILES string of the molecule is COc1ccccc1-c1nc([C@@H]2CCCN(C(=O)c3ccccc3)C2)no1. The van der Waals surface area contributed by atoms with Crippen molar-refractivity contribution in [2.45, 2.75) is 18.8 Å². The van der Waals surface area contributed by atoms with Crippen LogP contribution in [0.15, 0.2) is 59.1 Å². The van der Waals surface area contributed by atoms with Gasteiger partial charge in [-0.15, -0.1) is 0 Å². The largest absolute Gasteiger partial charge is 0.496 e. The van der Waals surface area contributed by atoms with Crippen LogP contribution in [-0.2, 0) is 0 Å². The van der Waals surface area contributed by atoms with Crippen LogP contribution >= 0.6 is 0 Å². The van der Waals surface area contributed by atoms with Crippen LogP contribution in [0.1, 0.15) is 34.9 Å². The van der Waals surface area contributed by atoms with Crippen molar-refractivity contribution < 1.29 is 14.1 Å². The second-order valence-electron chi connectivity index (χ2n) is 6.61. The maximum absolute atomic E-state index is 12.7. The molecule has 1 saturated heterocycles. The van der Waals surface area contributed by atoms with E-state index in [4.69, 9.17) is 9.26 Å². The molecular formula is C21H21N3O3. The van der Waals surface area contributed by atoms with E-state index in [9.17, 15) is 4.79 Å². The van der Waals surface area contributed by atoms with Crippen molar-refractivity contribution in [1.82, 2.24) is 15.0 Å². The smallest absolute Gasteiger partial charge is 0.261 e. The van der Waals surface area contributed by atoms with Gasteiger partial charge in [-0.3, -0.25) is 4.79 Å². The summed E-state index contributed by atoms with van der Waals surface area (Å²) in [6, 6.07) is 16.9. The number of para-hydroxylation sites is 1. The molecule has 0 aliphatic carbocycles. The van der Waals surface area contributed by atoms with Gasteiger partial charge in [0.2, 0.25) is 0 Å². The van der Waals surface area contributed by atoms with E-state index in [0.29, 0.717) is 29.6 Å². The Labute approximate surface area is 157 Å². The number of methoxy groups -OCH3 is 1. The number of likely N-dealkylation sites (tertiary alicyclic amines) is 1. The number of amides is 1. The molecule has 2 heterocycles. The van der Waals surface area contributed by atoms with Gasteiger partial charge >= 0.3 is 0 Å². The molecule has 0 radical (unpaired) electrons. The summed E-state index contributed by atoms with van der Waals surface area (Å²) in [6.45, 7) is 1.35. The molecule has 0 saturated carbocycles. The molecule has 27 heavy (non-hydrogen) atoms. The molecule has 0 spiro atoms. The lowest BCUT2D eigenvalue weighted by Crippen LogP contribution is -2.39. The average Bonchev–Trinajstić information content (AvgIpc) is 3.24. The minimum Gasteiger partial charge on any atom is -0.496 e. The summed E-state index contributed by atoms with van der Waals surface area (Å²) in [5.74, 6) is 1.89. The Bertz CT molecular complexity index is 923. The van der Waals surface area contributed by atoms with Crippen LogP contribution < -0.4 is 4.74 Å². The van der Waals surface area contributed by atoms with Crippen molar-refractivity contribution >= 4 is 5.91 Å². The summed E-state index contributed by atoms with van der Waals surface area (Å²) in [5.41, 5.74) is 1.48. The fourth-order valence-corrected chi connectivity index (χ4v) is 3.47. The molecule has 1 atom stereocenters. The van der Waals surface area contributed by atoms with Crippen molar-refractivity contribution in [3.05, 3.63) is 66.0 Å². The van der Waals surface area contributed by atoms with Gasteiger partial charge < -0.3 is 14.2 Å². The Morgan fingerprint density at radius 3 is 2.74 bits per heavy atom. The molecule has 1 aliphatic heterocycles. The molecule has 1 aliphatic rings. The Morgan fingerprint density at radius 2 is 1.93 bits per heavy atom. The maximum Gasteiger partial charge on any atom is 0.261 e. The van der Waals surface area contributed by atoms with Crippen molar-refractivity contribution in [3.63, 3.8) is 0 Å². The molecule has 3 aromatic rings. The Balaban J connectivity index is 1.52. The zero-order chi connectivity index (χ0) is 18.6. The molecule has 6 nitrogen and oxygen atoms in total. The van der Waals surface area contributed by atoms with Crippen LogP contribution in [0.2, 0.25) is 0 Å². The summed E-state index contributed by atoms with van der Waals surface area (Å²) in [7, 11) is 1.62. The number of hydrogen-bond donors (Lipinski definition) is 0. The van der Waals surface area contributed by atoms with Gasteiger partial charge in [-0.25, -0.2) is 0 Å². The van der Waals surface area contributed by atoms with Crippen molar-refractivity contribution in [1.29, 1.82) is 0 Å². The number of ether oxygens (including phenoxy) is 1. The minimum atomic E-state index is 0.0498. The Morgan fingerprint density at radius 1 is 1.15 bits per heavy atom. The normalized spacial score (nSPS) is 16.9. The molecule has 6 heteroatoms. The third-order valence-corrected chi connectivity index (χ3v) is 4.87. The molecule has 0 N–H and O–H groups in total. The third kappa shape index (κ3) is 3.56. The van der Waals surface area contributed by atoms with Crippen LogP contribution in [0, 0.1) is 0 Å². The summed E-state index contributed by atoms with van der Waals surface area (Å²) in [4.78, 5) is 19.2. The zero-order valence-electron chi connectivity index (χ0n) is 15.2. The van der Waals surface area contributed by atoms with Gasteiger partial charge in [0.15, 0.2) is 5.82 Å². The van der Waals surface area contributed by atoms with Gasteiger partial charge in [0.05, 0.1) is 12.7 Å². The van der Waals surface area contributed by atoms with E-state index in [1.807, 2.05) is 59.5 Å². The van der Waals surface area contributed by atoms with Crippen LogP contribution in [0.4, 0.5) is 0 Å². The van der Waals surface area contributed by atoms with Crippen molar-refractivity contribution in [2.75, 3.05) is 20.2 Å². The van der Waals surface area contributed by atoms with Crippen LogP contribution in [0.25, 0.3) is 11.5 Å². The quantitative estimate of drug-likeness (QED) is 0.706. The minimum absolute atomic E-state index is 0.0498. The number of rotatable bonds is 4. The zero-order valence-corrected chi connectivity index (χ0v) is 15.2. The third-order valence-electron chi connectivity index (χ3n) is 4.87. The molecule has 138 valence electrons. The fraction of sp³-hybridized carbons (Fsp3) is 0.286. The molecule has 0 unspecified atom stereocenters. The first-order chi connectivity index (χ1) is 13.3. The highest BCUT2D eigenvalue weighted by Crippen LogP contribution is 2.31. The molecule has 0 bridgehead atoms. The second kappa shape index (κ2) is 7.61. The van der Waals surface area contributed by atoms with Gasteiger partial charge in [-0.2, -0.15) is 4.98 Å². The first-order valence-electron chi connectivity index (χ1n) is 9.07. The Kier molecular flexibility index (Phi) is 4.87.